The van der Waals surface area contributed by atoms with Crippen LogP contribution in [0.3, 0.4) is 0 Å². The molecule has 3 aliphatic rings. The van der Waals surface area contributed by atoms with E-state index in [9.17, 15) is 18.0 Å². The van der Waals surface area contributed by atoms with E-state index in [0.29, 0.717) is 37.4 Å². The molecule has 0 unspecified atom stereocenters. The maximum atomic E-state index is 13.5. The van der Waals surface area contributed by atoms with Crippen LogP contribution >= 0.6 is 0 Å². The van der Waals surface area contributed by atoms with Gasteiger partial charge in [-0.25, -0.2) is 13.2 Å². The van der Waals surface area contributed by atoms with Crippen LogP contribution in [0.2, 0.25) is 0 Å². The van der Waals surface area contributed by atoms with E-state index in [2.05, 4.69) is 4.72 Å². The van der Waals surface area contributed by atoms with Crippen molar-refractivity contribution in [2.75, 3.05) is 32.0 Å². The predicted molar refractivity (Wildman–Crippen MR) is 151 cm³/mol. The normalized spacial score (nSPS) is 18.1. The van der Waals surface area contributed by atoms with Gasteiger partial charge in [0.2, 0.25) is 0 Å². The van der Waals surface area contributed by atoms with Crippen molar-refractivity contribution in [3.8, 4) is 11.5 Å². The molecule has 214 valence electrons. The van der Waals surface area contributed by atoms with Gasteiger partial charge in [0.05, 0.1) is 19.6 Å². The van der Waals surface area contributed by atoms with Crippen LogP contribution in [-0.2, 0) is 31.4 Å². The number of ether oxygens (including phenoxy) is 3. The molecule has 0 atom stereocenters. The molecule has 5 rings (SSSR count). The summed E-state index contributed by atoms with van der Waals surface area (Å²) in [6, 6.07) is 8.17. The molecule has 1 amide bonds. The Kier molecular flexibility index (Phi) is 7.10. The van der Waals surface area contributed by atoms with Crippen LogP contribution in [-0.4, -0.2) is 58.1 Å². The highest BCUT2D eigenvalue weighted by atomic mass is 32.2. The average molecular weight is 569 g/mol. The molecule has 2 aromatic carbocycles. The second-order valence-corrected chi connectivity index (χ2v) is 13.3. The zero-order chi connectivity index (χ0) is 28.9. The highest BCUT2D eigenvalue weighted by Gasteiger charge is 2.51. The Morgan fingerprint density at radius 2 is 1.82 bits per heavy atom. The Morgan fingerprint density at radius 1 is 1.07 bits per heavy atom. The third-order valence-electron chi connectivity index (χ3n) is 7.96. The molecule has 0 saturated heterocycles. The van der Waals surface area contributed by atoms with E-state index in [4.69, 9.17) is 14.2 Å². The number of hydrogen-bond acceptors (Lipinski definition) is 7. The van der Waals surface area contributed by atoms with Gasteiger partial charge < -0.3 is 19.1 Å². The summed E-state index contributed by atoms with van der Waals surface area (Å²) in [6.07, 6.45) is 5.01. The number of hydrogen-bond donors (Lipinski definition) is 1. The summed E-state index contributed by atoms with van der Waals surface area (Å²) in [4.78, 5) is 27.5. The fourth-order valence-electron chi connectivity index (χ4n) is 5.81. The van der Waals surface area contributed by atoms with E-state index < -0.39 is 21.0 Å². The fourth-order valence-corrected chi connectivity index (χ4v) is 7.00. The number of amides is 1. The van der Waals surface area contributed by atoms with Gasteiger partial charge >= 0.3 is 6.09 Å². The van der Waals surface area contributed by atoms with E-state index in [1.807, 2.05) is 39.0 Å². The Morgan fingerprint density at radius 3 is 2.40 bits per heavy atom. The number of nitrogens with one attached hydrogen (secondary N) is 1. The van der Waals surface area contributed by atoms with E-state index in [1.165, 1.54) is 26.4 Å². The molecular formula is C30H36N2O7S. The Hall–Kier alpha value is -3.53. The Bertz CT molecular complexity index is 1500. The van der Waals surface area contributed by atoms with Crippen molar-refractivity contribution in [2.45, 2.75) is 68.8 Å². The highest BCUT2D eigenvalue weighted by molar-refractivity contribution is 7.92. The molecular weight excluding hydrogens is 532 g/mol. The van der Waals surface area contributed by atoms with Gasteiger partial charge in [0.15, 0.2) is 0 Å². The van der Waals surface area contributed by atoms with Crippen LogP contribution in [0.15, 0.2) is 41.3 Å². The average Bonchev–Trinajstić information content (AvgIpc) is 3.18. The molecule has 10 heteroatoms. The summed E-state index contributed by atoms with van der Waals surface area (Å²) in [5.74, 6) is 0.834. The third kappa shape index (κ3) is 5.05. The van der Waals surface area contributed by atoms with Gasteiger partial charge in [-0.3, -0.25) is 9.52 Å². The first-order valence-electron chi connectivity index (χ1n) is 13.5. The molecule has 0 bridgehead atoms. The molecule has 1 fully saturated rings. The maximum Gasteiger partial charge on any atom is 0.410 e. The summed E-state index contributed by atoms with van der Waals surface area (Å²) in [5.41, 5.74) is 2.99. The molecule has 0 aromatic heterocycles. The SMILES string of the molecule is COc1ccc(S(=O)(=O)Nc2cc(C3=CCN(C(=O)OC(C)(C)C)CC3)c3c(c2)C2(CCC2)C(=O)C3)c(OC)c1. The standard InChI is InChI=1S/C30H36N2O7S/c1-29(2,3)39-28(34)32-13-9-19(10-14-32)22-15-20(16-24-23(22)18-27(33)30(24)11-6-12-30)31-40(35,36)26-8-7-21(37-4)17-25(26)38-5/h7-9,15-17,31H,6,10-14,18H2,1-5H3. The van der Waals surface area contributed by atoms with Crippen LogP contribution in [0.5, 0.6) is 11.5 Å². The fraction of sp³-hybridized carbons (Fsp3) is 0.467. The summed E-state index contributed by atoms with van der Waals surface area (Å²) in [5, 5.41) is 0. The van der Waals surface area contributed by atoms with Crippen molar-refractivity contribution in [1.82, 2.24) is 4.90 Å². The Labute approximate surface area is 235 Å². The molecule has 2 aromatic rings. The van der Waals surface area contributed by atoms with Crippen LogP contribution in [0.4, 0.5) is 10.5 Å². The number of fused-ring (bicyclic) bond motifs is 2. The lowest BCUT2D eigenvalue weighted by Gasteiger charge is -2.38. The molecule has 9 nitrogen and oxygen atoms in total. The minimum Gasteiger partial charge on any atom is -0.497 e. The van der Waals surface area contributed by atoms with Crippen molar-refractivity contribution in [2.24, 2.45) is 0 Å². The van der Waals surface area contributed by atoms with Crippen molar-refractivity contribution >= 4 is 33.2 Å². The molecule has 1 N–H and O–H groups in total. The lowest BCUT2D eigenvalue weighted by molar-refractivity contribution is -0.125. The van der Waals surface area contributed by atoms with E-state index in [-0.39, 0.29) is 22.5 Å². The van der Waals surface area contributed by atoms with Crippen molar-refractivity contribution < 1.29 is 32.2 Å². The molecule has 1 aliphatic heterocycles. The number of carbonyl (C=O) groups excluding carboxylic acids is 2. The first-order chi connectivity index (χ1) is 18.9. The van der Waals surface area contributed by atoms with Gasteiger partial charge in [0, 0.05) is 31.3 Å². The molecule has 0 radical (unpaired) electrons. The number of anilines is 1. The number of sulfonamides is 1. The number of rotatable bonds is 6. The van der Waals surface area contributed by atoms with Crippen LogP contribution < -0.4 is 14.2 Å². The monoisotopic (exact) mass is 568 g/mol. The van der Waals surface area contributed by atoms with Crippen LogP contribution in [0, 0.1) is 0 Å². The minimum atomic E-state index is -4.03. The van der Waals surface area contributed by atoms with E-state index in [1.54, 1.807) is 11.0 Å². The van der Waals surface area contributed by atoms with Crippen LogP contribution in [0.25, 0.3) is 5.57 Å². The Balaban J connectivity index is 1.51. The first kappa shape index (κ1) is 28.0. The smallest absolute Gasteiger partial charge is 0.410 e. The topological polar surface area (TPSA) is 111 Å². The summed E-state index contributed by atoms with van der Waals surface area (Å²) < 4.78 is 45.9. The number of Topliss-reactive ketones (excluding diaryl/α,β-unsaturated/α-hetero) is 1. The van der Waals surface area contributed by atoms with Gasteiger partial charge in [0.1, 0.15) is 27.8 Å². The molecule has 1 saturated carbocycles. The number of nitrogens with zero attached hydrogens (tertiary/aromatic N) is 1. The van der Waals surface area contributed by atoms with Crippen molar-refractivity contribution in [3.63, 3.8) is 0 Å². The van der Waals surface area contributed by atoms with Gasteiger partial charge in [-0.1, -0.05) is 12.5 Å². The number of carbonyl (C=O) groups is 2. The van der Waals surface area contributed by atoms with E-state index in [0.717, 1.165) is 41.5 Å². The molecule has 1 spiro atoms. The second-order valence-electron chi connectivity index (χ2n) is 11.6. The number of benzene rings is 2. The number of methoxy groups -OCH3 is 2. The molecule has 40 heavy (non-hydrogen) atoms. The molecule has 2 aliphatic carbocycles. The second kappa shape index (κ2) is 10.1. The predicted octanol–water partition coefficient (Wildman–Crippen LogP) is 5.08. The first-order valence-corrected chi connectivity index (χ1v) is 15.0. The van der Waals surface area contributed by atoms with Gasteiger partial charge in [-0.05, 0) is 86.6 Å². The van der Waals surface area contributed by atoms with Gasteiger partial charge in [-0.15, -0.1) is 0 Å². The summed E-state index contributed by atoms with van der Waals surface area (Å²) >= 11 is 0. The quantitative estimate of drug-likeness (QED) is 0.518. The maximum absolute atomic E-state index is 13.5. The summed E-state index contributed by atoms with van der Waals surface area (Å²) in [6.45, 7) is 6.34. The van der Waals surface area contributed by atoms with Crippen molar-refractivity contribution in [1.29, 1.82) is 0 Å². The highest BCUT2D eigenvalue weighted by Crippen LogP contribution is 2.53. The zero-order valence-electron chi connectivity index (χ0n) is 23.6. The third-order valence-corrected chi connectivity index (χ3v) is 9.38. The van der Waals surface area contributed by atoms with Gasteiger partial charge in [-0.2, -0.15) is 0 Å². The minimum absolute atomic E-state index is 0.0165. The largest absolute Gasteiger partial charge is 0.497 e. The zero-order valence-corrected chi connectivity index (χ0v) is 24.4. The van der Waals surface area contributed by atoms with E-state index >= 15 is 0 Å². The summed E-state index contributed by atoms with van der Waals surface area (Å²) in [7, 11) is -1.12. The van der Waals surface area contributed by atoms with Gasteiger partial charge in [0.25, 0.3) is 10.0 Å². The lowest BCUT2D eigenvalue weighted by atomic mass is 9.64. The molecule has 1 heterocycles. The number of ketones is 1. The lowest BCUT2D eigenvalue weighted by Crippen LogP contribution is -2.39. The van der Waals surface area contributed by atoms with Crippen LogP contribution in [0.1, 0.15) is 63.1 Å². The van der Waals surface area contributed by atoms with Crippen molar-refractivity contribution in [3.05, 3.63) is 53.1 Å².